The summed E-state index contributed by atoms with van der Waals surface area (Å²) in [5.41, 5.74) is 4.74. The minimum absolute atomic E-state index is 0.261. The summed E-state index contributed by atoms with van der Waals surface area (Å²) in [6.07, 6.45) is 1.80. The quantitative estimate of drug-likeness (QED) is 0.529. The summed E-state index contributed by atoms with van der Waals surface area (Å²) in [7, 11) is 1.58. The fourth-order valence-electron chi connectivity index (χ4n) is 3.78. The van der Waals surface area contributed by atoms with Crippen molar-refractivity contribution in [2.75, 3.05) is 13.7 Å². The first-order valence-corrected chi connectivity index (χ1v) is 10.9. The van der Waals surface area contributed by atoms with Crippen LogP contribution in [0.3, 0.4) is 0 Å². The Hall–Kier alpha value is -4.20. The number of hydrazine groups is 1. The van der Waals surface area contributed by atoms with Crippen LogP contribution >= 0.6 is 0 Å². The van der Waals surface area contributed by atoms with Crippen molar-refractivity contribution >= 4 is 18.0 Å². The summed E-state index contributed by atoms with van der Waals surface area (Å²) in [6.45, 7) is 2.49. The highest BCUT2D eigenvalue weighted by atomic mass is 19.1. The molecule has 7 nitrogen and oxygen atoms in total. The second-order valence-electron chi connectivity index (χ2n) is 7.69. The van der Waals surface area contributed by atoms with E-state index >= 15 is 0 Å². The van der Waals surface area contributed by atoms with Gasteiger partial charge in [0.05, 0.1) is 13.7 Å². The normalized spacial score (nSPS) is 18.4. The van der Waals surface area contributed by atoms with Crippen molar-refractivity contribution in [3.63, 3.8) is 0 Å². The lowest BCUT2D eigenvalue weighted by molar-refractivity contribution is -0.596. The van der Waals surface area contributed by atoms with Crippen LogP contribution in [0.5, 0.6) is 11.5 Å². The number of carbonyl (C=O) groups is 2. The molecule has 8 heteroatoms. The number of hydrogen-bond donors (Lipinski definition) is 2. The molecular formula is C26H25FN3O4+. The molecule has 0 aliphatic carbocycles. The molecule has 1 aliphatic heterocycles. The number of halogens is 1. The third-order valence-electron chi connectivity index (χ3n) is 5.47. The van der Waals surface area contributed by atoms with Gasteiger partial charge < -0.3 is 14.8 Å². The van der Waals surface area contributed by atoms with E-state index < -0.39 is 23.8 Å². The lowest BCUT2D eigenvalue weighted by Crippen LogP contribution is -2.42. The van der Waals surface area contributed by atoms with Gasteiger partial charge in [0.15, 0.2) is 6.04 Å². The molecule has 0 unspecified atom stereocenters. The molecule has 0 radical (unpaired) electrons. The highest BCUT2D eigenvalue weighted by Gasteiger charge is 2.47. The summed E-state index contributed by atoms with van der Waals surface area (Å²) in [4.78, 5) is 25.8. The van der Waals surface area contributed by atoms with Crippen LogP contribution in [0.4, 0.5) is 4.39 Å². The number of hydrazone groups is 1. The molecule has 0 aromatic heterocycles. The topological polar surface area (TPSA) is 79.7 Å². The van der Waals surface area contributed by atoms with Crippen molar-refractivity contribution in [2.45, 2.75) is 19.0 Å². The van der Waals surface area contributed by atoms with Gasteiger partial charge in [-0.05, 0) is 79.7 Å². The average molecular weight is 463 g/mol. The molecule has 1 heterocycles. The van der Waals surface area contributed by atoms with Crippen molar-refractivity contribution < 1.29 is 28.1 Å². The predicted octanol–water partition coefficient (Wildman–Crippen LogP) is 3.25. The Morgan fingerprint density at radius 3 is 2.29 bits per heavy atom. The van der Waals surface area contributed by atoms with E-state index in [0.717, 1.165) is 16.9 Å². The smallest absolute Gasteiger partial charge is 0.304 e. The SMILES string of the molecule is CCOc1ccc(/C=[N+]2\NC(=O)[C@@H](NC(=O)c3ccc(F)cc3)[C@H]2c2ccc(OC)cc2)cc1. The van der Waals surface area contributed by atoms with E-state index in [0.29, 0.717) is 12.4 Å². The summed E-state index contributed by atoms with van der Waals surface area (Å²) in [5.74, 6) is 0.152. The fourth-order valence-corrected chi connectivity index (χ4v) is 3.78. The molecule has 3 aromatic carbocycles. The zero-order chi connectivity index (χ0) is 24.1. The zero-order valence-electron chi connectivity index (χ0n) is 18.8. The first kappa shape index (κ1) is 23.0. The Balaban J connectivity index is 1.67. The molecule has 174 valence electrons. The van der Waals surface area contributed by atoms with E-state index in [9.17, 15) is 14.0 Å². The monoisotopic (exact) mass is 462 g/mol. The van der Waals surface area contributed by atoms with Crippen molar-refractivity contribution in [2.24, 2.45) is 0 Å². The second kappa shape index (κ2) is 10.2. The Bertz CT molecular complexity index is 1190. The average Bonchev–Trinajstić information content (AvgIpc) is 3.15. The van der Waals surface area contributed by atoms with Gasteiger partial charge in [0.25, 0.3) is 5.91 Å². The van der Waals surface area contributed by atoms with Gasteiger partial charge in [0, 0.05) is 16.7 Å². The van der Waals surface area contributed by atoms with Gasteiger partial charge in [-0.2, -0.15) is 0 Å². The van der Waals surface area contributed by atoms with E-state index in [1.54, 1.807) is 30.1 Å². The molecule has 3 aromatic rings. The first-order chi connectivity index (χ1) is 16.5. The number of ether oxygens (including phenoxy) is 2. The van der Waals surface area contributed by atoms with Crippen LogP contribution in [-0.4, -0.2) is 42.5 Å². The summed E-state index contributed by atoms with van der Waals surface area (Å²) in [6, 6.07) is 18.5. The maximum atomic E-state index is 13.3. The van der Waals surface area contributed by atoms with E-state index in [-0.39, 0.29) is 11.5 Å². The molecule has 0 saturated carbocycles. The molecule has 2 atom stereocenters. The van der Waals surface area contributed by atoms with Crippen LogP contribution < -0.4 is 20.2 Å². The van der Waals surface area contributed by atoms with Crippen molar-refractivity contribution in [3.8, 4) is 11.5 Å². The molecule has 0 bridgehead atoms. The molecule has 1 fully saturated rings. The van der Waals surface area contributed by atoms with Crippen LogP contribution in [-0.2, 0) is 4.79 Å². The third kappa shape index (κ3) is 5.06. The molecule has 1 saturated heterocycles. The Morgan fingerprint density at radius 1 is 1.03 bits per heavy atom. The number of methoxy groups -OCH3 is 1. The number of hydrogen-bond acceptors (Lipinski definition) is 4. The highest BCUT2D eigenvalue weighted by Crippen LogP contribution is 2.27. The summed E-state index contributed by atoms with van der Waals surface area (Å²) in [5, 5.41) is 2.80. The van der Waals surface area contributed by atoms with Gasteiger partial charge in [0.1, 0.15) is 17.3 Å². The standard InChI is InChI=1S/C26H24FN3O4/c1-3-34-22-12-4-17(5-13-22)16-30-24(18-8-14-21(33-2)15-9-18)23(26(32)29-30)28-25(31)19-6-10-20(27)11-7-19/h4-16,23-24H,3H2,1-2H3,(H-,28,29,31,32)/p+1/b30-16-/t23-,24+/m0/s1. The van der Waals surface area contributed by atoms with Gasteiger partial charge in [-0.3, -0.25) is 9.59 Å². The van der Waals surface area contributed by atoms with E-state index in [1.807, 2.05) is 43.3 Å². The Kier molecular flexibility index (Phi) is 6.87. The second-order valence-corrected chi connectivity index (χ2v) is 7.69. The molecule has 2 amide bonds. The number of carbonyl (C=O) groups excluding carboxylic acids is 2. The van der Waals surface area contributed by atoms with Gasteiger partial charge in [0.2, 0.25) is 12.3 Å². The van der Waals surface area contributed by atoms with Crippen LogP contribution in [0.2, 0.25) is 0 Å². The number of benzene rings is 3. The largest absolute Gasteiger partial charge is 0.497 e. The van der Waals surface area contributed by atoms with Crippen LogP contribution in [0.25, 0.3) is 0 Å². The Morgan fingerprint density at radius 2 is 1.68 bits per heavy atom. The first-order valence-electron chi connectivity index (χ1n) is 10.9. The van der Waals surface area contributed by atoms with E-state index in [2.05, 4.69) is 10.7 Å². The fraction of sp³-hybridized carbons (Fsp3) is 0.192. The van der Waals surface area contributed by atoms with Gasteiger partial charge in [-0.1, -0.05) is 0 Å². The zero-order valence-corrected chi connectivity index (χ0v) is 18.8. The molecular weight excluding hydrogens is 437 g/mol. The number of nitrogens with one attached hydrogen (secondary N) is 2. The summed E-state index contributed by atoms with van der Waals surface area (Å²) < 4.78 is 25.7. The van der Waals surface area contributed by atoms with Gasteiger partial charge >= 0.3 is 5.91 Å². The van der Waals surface area contributed by atoms with E-state index in [4.69, 9.17) is 9.47 Å². The van der Waals surface area contributed by atoms with E-state index in [1.165, 1.54) is 24.3 Å². The van der Waals surface area contributed by atoms with Crippen molar-refractivity contribution in [1.82, 2.24) is 10.7 Å². The van der Waals surface area contributed by atoms with Crippen LogP contribution in [0, 0.1) is 5.82 Å². The minimum Gasteiger partial charge on any atom is -0.497 e. The van der Waals surface area contributed by atoms with Crippen LogP contribution in [0.15, 0.2) is 72.8 Å². The molecule has 2 N–H and O–H groups in total. The number of rotatable bonds is 7. The molecule has 1 aliphatic rings. The molecule has 0 spiro atoms. The number of amides is 2. The lowest BCUT2D eigenvalue weighted by atomic mass is 9.99. The highest BCUT2D eigenvalue weighted by molar-refractivity contribution is 5.98. The van der Waals surface area contributed by atoms with Crippen LogP contribution in [0.1, 0.15) is 34.5 Å². The molecule has 4 rings (SSSR count). The van der Waals surface area contributed by atoms with Crippen molar-refractivity contribution in [1.29, 1.82) is 0 Å². The maximum absolute atomic E-state index is 13.3. The maximum Gasteiger partial charge on any atom is 0.304 e. The third-order valence-corrected chi connectivity index (χ3v) is 5.47. The number of nitrogens with zero attached hydrogens (tertiary/aromatic N) is 1. The minimum atomic E-state index is -0.884. The van der Waals surface area contributed by atoms with Gasteiger partial charge in [-0.25, -0.2) is 4.39 Å². The Labute approximate surface area is 196 Å². The van der Waals surface area contributed by atoms with Crippen molar-refractivity contribution in [3.05, 3.63) is 95.3 Å². The lowest BCUT2D eigenvalue weighted by Gasteiger charge is -2.15. The molecule has 34 heavy (non-hydrogen) atoms. The predicted molar refractivity (Wildman–Crippen MR) is 125 cm³/mol. The summed E-state index contributed by atoms with van der Waals surface area (Å²) >= 11 is 0. The van der Waals surface area contributed by atoms with Gasteiger partial charge in [-0.15, -0.1) is 10.1 Å².